The molecule has 2 aliphatic rings. The number of hydrogen-bond donors (Lipinski definition) is 2. The molecule has 0 saturated carbocycles. The quantitative estimate of drug-likeness (QED) is 0.633. The first-order valence-corrected chi connectivity index (χ1v) is 9.21. The van der Waals surface area contributed by atoms with Crippen molar-refractivity contribution in [3.8, 4) is 5.75 Å². The van der Waals surface area contributed by atoms with Gasteiger partial charge >= 0.3 is 0 Å². The van der Waals surface area contributed by atoms with E-state index in [0.29, 0.717) is 36.9 Å². The number of likely N-dealkylation sites (tertiary alicyclic amines) is 1. The zero-order valence-corrected chi connectivity index (χ0v) is 16.0. The van der Waals surface area contributed by atoms with Crippen molar-refractivity contribution in [3.05, 3.63) is 29.1 Å². The molecule has 0 spiro atoms. The number of hydrogen-bond acceptors (Lipinski definition) is 4. The van der Waals surface area contributed by atoms with Gasteiger partial charge in [-0.15, -0.1) is 0 Å². The maximum absolute atomic E-state index is 13.9. The molecule has 0 amide bonds. The number of rotatable bonds is 4. The van der Waals surface area contributed by atoms with Crippen molar-refractivity contribution in [2.45, 2.75) is 46.0 Å². The van der Waals surface area contributed by atoms with Crippen LogP contribution in [0.3, 0.4) is 0 Å². The van der Waals surface area contributed by atoms with E-state index >= 15 is 0 Å². The second-order valence-electron chi connectivity index (χ2n) is 7.37. The van der Waals surface area contributed by atoms with Crippen molar-refractivity contribution in [3.63, 3.8) is 0 Å². The summed E-state index contributed by atoms with van der Waals surface area (Å²) in [6, 6.07) is 3.85. The molecule has 2 aliphatic heterocycles. The van der Waals surface area contributed by atoms with Crippen molar-refractivity contribution in [2.24, 2.45) is 10.9 Å². The number of fused-ring (bicyclic) bond motifs is 1. The molecule has 2 N–H and O–H groups in total. The highest BCUT2D eigenvalue weighted by Gasteiger charge is 2.31. The van der Waals surface area contributed by atoms with E-state index in [0.717, 1.165) is 30.2 Å². The second kappa shape index (κ2) is 8.22. The Balaban J connectivity index is 1.63. The minimum absolute atomic E-state index is 0.198. The van der Waals surface area contributed by atoms with Crippen LogP contribution in [0.5, 0.6) is 5.75 Å². The van der Waals surface area contributed by atoms with Gasteiger partial charge in [0.15, 0.2) is 12.8 Å². The highest BCUT2D eigenvalue weighted by Crippen LogP contribution is 2.29. The highest BCUT2D eigenvalue weighted by atomic mass is 19.1. The second-order valence-corrected chi connectivity index (χ2v) is 7.37. The average Bonchev–Trinajstić information content (AvgIpc) is 2.99. The van der Waals surface area contributed by atoms with Crippen molar-refractivity contribution >= 4 is 5.96 Å². The van der Waals surface area contributed by atoms with Crippen LogP contribution in [0.2, 0.25) is 0 Å². The third kappa shape index (κ3) is 4.27. The first-order chi connectivity index (χ1) is 12.5. The van der Waals surface area contributed by atoms with Crippen LogP contribution < -0.4 is 15.4 Å². The average molecular weight is 364 g/mol. The van der Waals surface area contributed by atoms with Crippen molar-refractivity contribution in [1.29, 1.82) is 0 Å². The van der Waals surface area contributed by atoms with Gasteiger partial charge in [-0.1, -0.05) is 6.92 Å². The Morgan fingerprint density at radius 1 is 1.38 bits per heavy atom. The summed E-state index contributed by atoms with van der Waals surface area (Å²) in [4.78, 5) is 6.79. The third-order valence-corrected chi connectivity index (χ3v) is 5.11. The van der Waals surface area contributed by atoms with Gasteiger partial charge in [-0.3, -0.25) is 9.89 Å². The van der Waals surface area contributed by atoms with Crippen LogP contribution in [0.25, 0.3) is 0 Å². The standard InChI is InChI=1S/C19H29FN4O2/c1-12(2)24-8-13(3)17(9-24)23-19(21-4)22-7-14-5-16(20)6-15-10-25-11-26-18(14)15/h5-6,12-13,17H,7-11H2,1-4H3,(H2,21,22,23). The van der Waals surface area contributed by atoms with Gasteiger partial charge in [-0.25, -0.2) is 4.39 Å². The Kier molecular flexibility index (Phi) is 5.98. The Labute approximate surface area is 154 Å². The van der Waals surface area contributed by atoms with Gasteiger partial charge in [0, 0.05) is 49.9 Å². The first kappa shape index (κ1) is 18.9. The number of benzene rings is 1. The van der Waals surface area contributed by atoms with Crippen molar-refractivity contribution in [1.82, 2.24) is 15.5 Å². The fourth-order valence-electron chi connectivity index (χ4n) is 3.55. The molecular formula is C19H29FN4O2. The summed E-state index contributed by atoms with van der Waals surface area (Å²) in [7, 11) is 1.75. The van der Waals surface area contributed by atoms with E-state index < -0.39 is 0 Å². The normalized spacial score (nSPS) is 23.7. The first-order valence-electron chi connectivity index (χ1n) is 9.21. The molecule has 1 saturated heterocycles. The number of nitrogens with one attached hydrogen (secondary N) is 2. The summed E-state index contributed by atoms with van der Waals surface area (Å²) in [5.41, 5.74) is 1.52. The largest absolute Gasteiger partial charge is 0.467 e. The Morgan fingerprint density at radius 2 is 2.19 bits per heavy atom. The molecule has 26 heavy (non-hydrogen) atoms. The molecule has 3 rings (SSSR count). The van der Waals surface area contributed by atoms with Crippen molar-refractivity contribution < 1.29 is 13.9 Å². The predicted octanol–water partition coefficient (Wildman–Crippen LogP) is 2.09. The monoisotopic (exact) mass is 364 g/mol. The molecule has 0 aromatic heterocycles. The van der Waals surface area contributed by atoms with Crippen LogP contribution in [0, 0.1) is 11.7 Å². The van der Waals surface area contributed by atoms with Crippen LogP contribution in [0.1, 0.15) is 31.9 Å². The van der Waals surface area contributed by atoms with E-state index in [4.69, 9.17) is 9.47 Å². The molecule has 0 aliphatic carbocycles. The molecule has 1 fully saturated rings. The summed E-state index contributed by atoms with van der Waals surface area (Å²) >= 11 is 0. The molecule has 2 atom stereocenters. The summed E-state index contributed by atoms with van der Waals surface area (Å²) < 4.78 is 24.7. The SMILES string of the molecule is CN=C(NCc1cc(F)cc2c1OCOC2)NC1CN(C(C)C)CC1C. The molecule has 144 valence electrons. The lowest BCUT2D eigenvalue weighted by Gasteiger charge is -2.23. The summed E-state index contributed by atoms with van der Waals surface area (Å²) in [5.74, 6) is 1.69. The minimum Gasteiger partial charge on any atom is -0.467 e. The number of aliphatic imine (C=N–C) groups is 1. The van der Waals surface area contributed by atoms with Crippen LogP contribution in [0.4, 0.5) is 4.39 Å². The summed E-state index contributed by atoms with van der Waals surface area (Å²) in [6.07, 6.45) is 0. The van der Waals surface area contributed by atoms with Gasteiger partial charge in [-0.05, 0) is 31.9 Å². The topological polar surface area (TPSA) is 58.1 Å². The van der Waals surface area contributed by atoms with Crippen LogP contribution in [-0.2, 0) is 17.9 Å². The molecule has 0 radical (unpaired) electrons. The third-order valence-electron chi connectivity index (χ3n) is 5.11. The van der Waals surface area contributed by atoms with Gasteiger partial charge in [-0.2, -0.15) is 0 Å². The molecule has 2 heterocycles. The Bertz CT molecular complexity index is 665. The summed E-state index contributed by atoms with van der Waals surface area (Å²) in [6.45, 7) is 9.78. The molecule has 0 bridgehead atoms. The van der Waals surface area contributed by atoms with E-state index in [-0.39, 0.29) is 12.6 Å². The molecule has 1 aromatic rings. The van der Waals surface area contributed by atoms with Gasteiger partial charge < -0.3 is 20.1 Å². The zero-order valence-electron chi connectivity index (χ0n) is 16.0. The van der Waals surface area contributed by atoms with Crippen LogP contribution in [-0.4, -0.2) is 49.9 Å². The van der Waals surface area contributed by atoms with Gasteiger partial charge in [0.1, 0.15) is 11.6 Å². The zero-order chi connectivity index (χ0) is 18.7. The fourth-order valence-corrected chi connectivity index (χ4v) is 3.55. The van der Waals surface area contributed by atoms with Gasteiger partial charge in [0.2, 0.25) is 0 Å². The van der Waals surface area contributed by atoms with Crippen LogP contribution in [0.15, 0.2) is 17.1 Å². The highest BCUT2D eigenvalue weighted by molar-refractivity contribution is 5.80. The maximum Gasteiger partial charge on any atom is 0.191 e. The number of ether oxygens (including phenoxy) is 2. The Morgan fingerprint density at radius 3 is 2.88 bits per heavy atom. The van der Waals surface area contributed by atoms with Crippen LogP contribution >= 0.6 is 0 Å². The Hall–Kier alpha value is -1.86. The van der Waals surface area contributed by atoms with E-state index in [1.165, 1.54) is 12.1 Å². The lowest BCUT2D eigenvalue weighted by Crippen LogP contribution is -2.46. The number of nitrogens with zero attached hydrogens (tertiary/aromatic N) is 2. The molecule has 6 nitrogen and oxygen atoms in total. The molecule has 2 unspecified atom stereocenters. The number of guanidine groups is 1. The smallest absolute Gasteiger partial charge is 0.191 e. The molecule has 7 heteroatoms. The lowest BCUT2D eigenvalue weighted by atomic mass is 10.1. The van der Waals surface area contributed by atoms with E-state index in [9.17, 15) is 4.39 Å². The lowest BCUT2D eigenvalue weighted by molar-refractivity contribution is -0.0172. The van der Waals surface area contributed by atoms with E-state index in [2.05, 4.69) is 41.3 Å². The van der Waals surface area contributed by atoms with Gasteiger partial charge in [0.25, 0.3) is 0 Å². The fraction of sp³-hybridized carbons (Fsp3) is 0.632. The van der Waals surface area contributed by atoms with Crippen molar-refractivity contribution in [2.75, 3.05) is 26.9 Å². The molecular weight excluding hydrogens is 335 g/mol. The van der Waals surface area contributed by atoms with E-state index in [1.807, 2.05) is 0 Å². The van der Waals surface area contributed by atoms with Gasteiger partial charge in [0.05, 0.1) is 6.61 Å². The predicted molar refractivity (Wildman–Crippen MR) is 99.7 cm³/mol. The minimum atomic E-state index is -0.283. The number of halogens is 1. The summed E-state index contributed by atoms with van der Waals surface area (Å²) in [5, 5.41) is 6.79. The maximum atomic E-state index is 13.9. The van der Waals surface area contributed by atoms with E-state index in [1.54, 1.807) is 7.05 Å². The molecule has 1 aromatic carbocycles.